The molecular weight excluding hydrogens is 407 g/mol. The van der Waals surface area contributed by atoms with Crippen LogP contribution in [0.1, 0.15) is 31.7 Å². The summed E-state index contributed by atoms with van der Waals surface area (Å²) >= 11 is 0. The number of hydrogen-bond donors (Lipinski definition) is 3. The van der Waals surface area contributed by atoms with Crippen molar-refractivity contribution in [3.05, 3.63) is 54.2 Å². The summed E-state index contributed by atoms with van der Waals surface area (Å²) in [4.78, 5) is 12.6. The van der Waals surface area contributed by atoms with Gasteiger partial charge in [-0.05, 0) is 49.3 Å². The normalized spacial score (nSPS) is 22.3. The molecule has 1 amide bonds. The molecule has 4 rings (SSSR count). The number of carbonyl (C=O) groups excluding carboxylic acids is 1. The fourth-order valence-electron chi connectivity index (χ4n) is 4.67. The molecule has 0 radical (unpaired) electrons. The predicted octanol–water partition coefficient (Wildman–Crippen LogP) is 2.50. The minimum Gasteiger partial charge on any atom is -0.387 e. The van der Waals surface area contributed by atoms with Crippen molar-refractivity contribution < 1.29 is 9.18 Å². The van der Waals surface area contributed by atoms with Crippen LogP contribution in [-0.2, 0) is 17.8 Å². The van der Waals surface area contributed by atoms with Gasteiger partial charge in [0.25, 0.3) is 0 Å². The van der Waals surface area contributed by atoms with Crippen molar-refractivity contribution in [2.45, 2.75) is 57.3 Å². The smallest absolute Gasteiger partial charge is 0.238 e. The number of aromatic nitrogens is 2. The van der Waals surface area contributed by atoms with E-state index in [1.165, 1.54) is 6.07 Å². The van der Waals surface area contributed by atoms with Crippen LogP contribution in [0.15, 0.2) is 42.9 Å². The highest BCUT2D eigenvalue weighted by Crippen LogP contribution is 2.35. The molecule has 1 aliphatic heterocycles. The highest BCUT2D eigenvalue weighted by molar-refractivity contribution is 5.83. The molecule has 2 fully saturated rings. The minimum absolute atomic E-state index is 0.126. The molecule has 1 aliphatic carbocycles. The molecule has 8 heteroatoms. The third-order valence-corrected chi connectivity index (χ3v) is 6.33. The molecule has 0 unspecified atom stereocenters. The molecule has 2 aliphatic rings. The molecule has 32 heavy (non-hydrogen) atoms. The van der Waals surface area contributed by atoms with Gasteiger partial charge in [-0.1, -0.05) is 18.7 Å². The number of fused-ring (bicyclic) bond motifs is 2. The van der Waals surface area contributed by atoms with E-state index in [-0.39, 0.29) is 18.4 Å². The van der Waals surface area contributed by atoms with Crippen LogP contribution in [0.5, 0.6) is 0 Å². The maximum Gasteiger partial charge on any atom is 0.238 e. The maximum absolute atomic E-state index is 14.8. The van der Waals surface area contributed by atoms with Gasteiger partial charge in [-0.15, -0.1) is 0 Å². The van der Waals surface area contributed by atoms with Crippen molar-refractivity contribution >= 4 is 5.91 Å². The summed E-state index contributed by atoms with van der Waals surface area (Å²) in [6.45, 7) is 7.08. The Morgan fingerprint density at radius 3 is 2.94 bits per heavy atom. The van der Waals surface area contributed by atoms with Crippen molar-refractivity contribution in [2.24, 2.45) is 5.92 Å². The zero-order valence-electron chi connectivity index (χ0n) is 18.3. The topological polar surface area (TPSA) is 94.8 Å². The Morgan fingerprint density at radius 2 is 2.28 bits per heavy atom. The summed E-state index contributed by atoms with van der Waals surface area (Å²) in [5, 5.41) is 23.1. The summed E-state index contributed by atoms with van der Waals surface area (Å²) in [7, 11) is 0. The molecule has 2 heterocycles. The monoisotopic (exact) mass is 436 g/mol. The second kappa shape index (κ2) is 9.53. The molecule has 0 spiro atoms. The van der Waals surface area contributed by atoms with Crippen LogP contribution in [0.3, 0.4) is 0 Å². The lowest BCUT2D eigenvalue weighted by molar-refractivity contribution is -0.124. The van der Waals surface area contributed by atoms with Crippen molar-refractivity contribution in [1.82, 2.24) is 25.7 Å². The third kappa shape index (κ3) is 5.00. The van der Waals surface area contributed by atoms with E-state index in [9.17, 15) is 14.4 Å². The first-order chi connectivity index (χ1) is 15.4. The molecule has 4 atom stereocenters. The zero-order valence-corrected chi connectivity index (χ0v) is 18.3. The summed E-state index contributed by atoms with van der Waals surface area (Å²) < 4.78 is 16.6. The molecule has 168 valence electrons. The van der Waals surface area contributed by atoms with Gasteiger partial charge in [0.15, 0.2) is 0 Å². The second-order valence-corrected chi connectivity index (χ2v) is 8.81. The van der Waals surface area contributed by atoms with Gasteiger partial charge in [0.1, 0.15) is 11.9 Å². The van der Waals surface area contributed by atoms with E-state index < -0.39 is 11.9 Å². The fourth-order valence-corrected chi connectivity index (χ4v) is 4.67. The molecule has 7 nitrogen and oxygen atoms in total. The molecule has 2 bridgehead atoms. The van der Waals surface area contributed by atoms with E-state index in [0.717, 1.165) is 30.5 Å². The van der Waals surface area contributed by atoms with Crippen LogP contribution < -0.4 is 16.0 Å². The van der Waals surface area contributed by atoms with Gasteiger partial charge >= 0.3 is 0 Å². The summed E-state index contributed by atoms with van der Waals surface area (Å²) in [6.07, 6.45) is 6.88. The van der Waals surface area contributed by atoms with E-state index in [0.29, 0.717) is 36.2 Å². The first kappa shape index (κ1) is 22.0. The first-order valence-corrected chi connectivity index (χ1v) is 11.1. The van der Waals surface area contributed by atoms with Crippen molar-refractivity contribution in [3.8, 4) is 17.2 Å². The molecule has 1 saturated heterocycles. The second-order valence-electron chi connectivity index (χ2n) is 8.81. The summed E-state index contributed by atoms with van der Waals surface area (Å²) in [5.74, 6) is -0.214. The number of hydrogen-bond acceptors (Lipinski definition) is 5. The largest absolute Gasteiger partial charge is 0.387 e. The summed E-state index contributed by atoms with van der Waals surface area (Å²) in [5.41, 5.74) is 2.83. The number of nitrogens with one attached hydrogen (secondary N) is 3. The van der Waals surface area contributed by atoms with Crippen LogP contribution in [0.25, 0.3) is 11.1 Å². The van der Waals surface area contributed by atoms with Gasteiger partial charge < -0.3 is 16.0 Å². The molecule has 1 aromatic carbocycles. The lowest BCUT2D eigenvalue weighted by Gasteiger charge is -2.23. The lowest BCUT2D eigenvalue weighted by Crippen LogP contribution is -2.50. The highest BCUT2D eigenvalue weighted by atomic mass is 19.1. The average molecular weight is 437 g/mol. The molecule has 2 aromatic rings. The van der Waals surface area contributed by atoms with Gasteiger partial charge in [-0.25, -0.2) is 4.39 Å². The number of halogens is 1. The Bertz CT molecular complexity index is 1040. The van der Waals surface area contributed by atoms with Crippen LogP contribution in [0.4, 0.5) is 4.39 Å². The number of nitriles is 1. The number of amides is 1. The standard InChI is InChI=1S/C24H29FN6O/c1-15(2)27-7-8-31-14-19(13-28-31)16-3-4-17(22(25)11-16)9-21(12-26)30-24(32)23-18-5-6-20(10-18)29-23/h3-4,11,13-14,18,20-21,23,27,29H,1,5-10H2,2H3,(H,30,32)/t18-,20+,21-,23-/m0/s1. The minimum atomic E-state index is -0.771. The van der Waals surface area contributed by atoms with Crippen molar-refractivity contribution in [2.75, 3.05) is 6.54 Å². The van der Waals surface area contributed by atoms with Crippen LogP contribution >= 0.6 is 0 Å². The van der Waals surface area contributed by atoms with Crippen molar-refractivity contribution in [3.63, 3.8) is 0 Å². The van der Waals surface area contributed by atoms with E-state index in [1.54, 1.807) is 16.9 Å². The Labute approximate surface area is 187 Å². The molecule has 1 aromatic heterocycles. The van der Waals surface area contributed by atoms with Gasteiger partial charge in [0.2, 0.25) is 5.91 Å². The maximum atomic E-state index is 14.8. The van der Waals surface area contributed by atoms with E-state index >= 15 is 0 Å². The number of allylic oxidation sites excluding steroid dienone is 1. The quantitative estimate of drug-likeness (QED) is 0.562. The highest BCUT2D eigenvalue weighted by Gasteiger charge is 2.43. The van der Waals surface area contributed by atoms with Crippen LogP contribution in [0.2, 0.25) is 0 Å². The van der Waals surface area contributed by atoms with Gasteiger partial charge in [-0.2, -0.15) is 10.4 Å². The SMILES string of the molecule is C=C(C)NCCn1cc(-c2ccc(C[C@@H](C#N)NC(=O)[C@H]3N[C@@H]4CC[C@H]3C4)c(F)c2)cn1. The van der Waals surface area contributed by atoms with E-state index in [2.05, 4.69) is 33.7 Å². The van der Waals surface area contributed by atoms with Gasteiger partial charge in [-0.3, -0.25) is 9.48 Å². The Morgan fingerprint density at radius 1 is 1.44 bits per heavy atom. The molecule has 3 N–H and O–H groups in total. The van der Waals surface area contributed by atoms with E-state index in [1.807, 2.05) is 19.2 Å². The van der Waals surface area contributed by atoms with Gasteiger partial charge in [0.05, 0.1) is 24.9 Å². The first-order valence-electron chi connectivity index (χ1n) is 11.1. The number of nitrogens with zero attached hydrogens (tertiary/aromatic N) is 3. The predicted molar refractivity (Wildman–Crippen MR) is 120 cm³/mol. The number of piperidine rings is 1. The van der Waals surface area contributed by atoms with Crippen LogP contribution in [0, 0.1) is 23.1 Å². The third-order valence-electron chi connectivity index (χ3n) is 6.33. The zero-order chi connectivity index (χ0) is 22.7. The van der Waals surface area contributed by atoms with Crippen molar-refractivity contribution in [1.29, 1.82) is 5.26 Å². The Kier molecular flexibility index (Phi) is 6.56. The lowest BCUT2D eigenvalue weighted by atomic mass is 9.98. The van der Waals surface area contributed by atoms with E-state index in [4.69, 9.17) is 0 Å². The molecule has 1 saturated carbocycles. The number of benzene rings is 1. The summed E-state index contributed by atoms with van der Waals surface area (Å²) in [6, 6.07) is 6.46. The van der Waals surface area contributed by atoms with Crippen LogP contribution in [-0.4, -0.2) is 40.4 Å². The number of carbonyl (C=O) groups is 1. The molecular formula is C24H29FN6O. The van der Waals surface area contributed by atoms with Gasteiger partial charge in [0, 0.05) is 36.5 Å². The Balaban J connectivity index is 1.36. The Hall–Kier alpha value is -3.18. The average Bonchev–Trinajstić information content (AvgIpc) is 3.51. The fraction of sp³-hybridized carbons (Fsp3) is 0.458. The number of rotatable bonds is 9.